The zero-order valence-electron chi connectivity index (χ0n) is 13.8. The molecule has 2 aromatic rings. The first-order valence-electron chi connectivity index (χ1n) is 7.16. The molecule has 0 radical (unpaired) electrons. The zero-order valence-corrected chi connectivity index (χ0v) is 14.6. The number of rotatable bonds is 8. The first-order chi connectivity index (χ1) is 11.5. The van der Waals surface area contributed by atoms with Gasteiger partial charge in [-0.1, -0.05) is 18.7 Å². The number of methoxy groups -OCH3 is 3. The van der Waals surface area contributed by atoms with E-state index in [2.05, 4.69) is 15.2 Å². The zero-order chi connectivity index (χ0) is 17.7. The summed E-state index contributed by atoms with van der Waals surface area (Å²) in [5.41, 5.74) is 0.687. The number of hydrogen-bond acceptors (Lipinski definition) is 7. The van der Waals surface area contributed by atoms with Crippen LogP contribution in [0.1, 0.15) is 13.3 Å². The van der Waals surface area contributed by atoms with E-state index in [0.29, 0.717) is 40.2 Å². The molecule has 1 heterocycles. The van der Waals surface area contributed by atoms with Crippen LogP contribution in [0.4, 0.5) is 0 Å². The lowest BCUT2D eigenvalue weighted by atomic mass is 10.1. The molecule has 0 bridgehead atoms. The van der Waals surface area contributed by atoms with Gasteiger partial charge in [-0.3, -0.25) is 9.89 Å². The van der Waals surface area contributed by atoms with Gasteiger partial charge in [-0.05, 0) is 18.6 Å². The minimum absolute atomic E-state index is 0.369. The third kappa shape index (κ3) is 3.73. The number of hydrogen-bond donors (Lipinski definition) is 2. The Morgan fingerprint density at radius 2 is 1.88 bits per heavy atom. The average Bonchev–Trinajstić information content (AvgIpc) is 3.06. The van der Waals surface area contributed by atoms with Crippen molar-refractivity contribution in [3.05, 3.63) is 12.1 Å². The van der Waals surface area contributed by atoms with Crippen molar-refractivity contribution in [3.63, 3.8) is 0 Å². The molecule has 0 aliphatic rings. The Morgan fingerprint density at radius 1 is 1.25 bits per heavy atom. The summed E-state index contributed by atoms with van der Waals surface area (Å²) in [5, 5.41) is 15.8. The van der Waals surface area contributed by atoms with Gasteiger partial charge >= 0.3 is 5.97 Å². The van der Waals surface area contributed by atoms with Gasteiger partial charge < -0.3 is 19.3 Å². The van der Waals surface area contributed by atoms with Crippen LogP contribution in [0.3, 0.4) is 0 Å². The summed E-state index contributed by atoms with van der Waals surface area (Å²) in [6, 6.07) is 3.48. The highest BCUT2D eigenvalue weighted by molar-refractivity contribution is 8.00. The van der Waals surface area contributed by atoms with E-state index < -0.39 is 11.2 Å². The quantitative estimate of drug-likeness (QED) is 0.697. The normalized spacial score (nSPS) is 11.8. The van der Waals surface area contributed by atoms with Crippen LogP contribution < -0.4 is 14.2 Å². The van der Waals surface area contributed by atoms with Crippen LogP contribution in [0.25, 0.3) is 11.4 Å². The minimum Gasteiger partial charge on any atom is -0.493 e. The molecular weight excluding hydrogens is 334 g/mol. The molecule has 0 saturated heterocycles. The van der Waals surface area contributed by atoms with Crippen molar-refractivity contribution in [2.45, 2.75) is 23.8 Å². The molecule has 2 N–H and O–H groups in total. The maximum atomic E-state index is 11.1. The Balaban J connectivity index is 2.34. The summed E-state index contributed by atoms with van der Waals surface area (Å²) in [4.78, 5) is 15.5. The summed E-state index contributed by atoms with van der Waals surface area (Å²) >= 11 is 1.10. The van der Waals surface area contributed by atoms with Crippen LogP contribution in [-0.4, -0.2) is 52.8 Å². The number of benzene rings is 1. The van der Waals surface area contributed by atoms with E-state index >= 15 is 0 Å². The van der Waals surface area contributed by atoms with Crippen molar-refractivity contribution in [1.82, 2.24) is 15.2 Å². The fraction of sp³-hybridized carbons (Fsp3) is 0.400. The van der Waals surface area contributed by atoms with Crippen molar-refractivity contribution in [2.75, 3.05) is 21.3 Å². The Hall–Kier alpha value is -2.42. The predicted octanol–water partition coefficient (Wildman–Crippen LogP) is 2.45. The molecule has 8 nitrogen and oxygen atoms in total. The van der Waals surface area contributed by atoms with Crippen molar-refractivity contribution in [2.24, 2.45) is 0 Å². The van der Waals surface area contributed by atoms with E-state index in [0.717, 1.165) is 11.8 Å². The topological polar surface area (TPSA) is 107 Å². The molecule has 0 fully saturated rings. The molecule has 0 aliphatic carbocycles. The Kier molecular flexibility index (Phi) is 5.91. The molecule has 1 aromatic carbocycles. The standard InChI is InChI=1S/C15H19N3O5S/c1-5-11(14(19)20)24-15-16-13(17-18-15)8-6-9(21-2)12(23-4)10(7-8)22-3/h6-7,11H,5H2,1-4H3,(H,19,20)(H,16,17,18)/t11-/m1/s1. The van der Waals surface area contributed by atoms with Crippen molar-refractivity contribution in [1.29, 1.82) is 0 Å². The second-order valence-electron chi connectivity index (χ2n) is 4.73. The van der Waals surface area contributed by atoms with Crippen molar-refractivity contribution >= 4 is 17.7 Å². The number of H-pyrrole nitrogens is 1. The largest absolute Gasteiger partial charge is 0.493 e. The fourth-order valence-corrected chi connectivity index (χ4v) is 2.85. The summed E-state index contributed by atoms with van der Waals surface area (Å²) < 4.78 is 15.9. The first kappa shape index (κ1) is 17.9. The minimum atomic E-state index is -0.887. The number of aromatic nitrogens is 3. The number of nitrogens with one attached hydrogen (secondary N) is 1. The molecular formula is C15H19N3O5S. The van der Waals surface area contributed by atoms with E-state index in [-0.39, 0.29) is 0 Å². The van der Waals surface area contributed by atoms with Gasteiger partial charge in [0.2, 0.25) is 10.9 Å². The fourth-order valence-electron chi connectivity index (χ4n) is 2.08. The summed E-state index contributed by atoms with van der Waals surface area (Å²) in [7, 11) is 4.59. The monoisotopic (exact) mass is 353 g/mol. The van der Waals surface area contributed by atoms with Crippen LogP contribution in [0, 0.1) is 0 Å². The van der Waals surface area contributed by atoms with E-state index in [1.54, 1.807) is 19.1 Å². The highest BCUT2D eigenvalue weighted by Gasteiger charge is 2.20. The number of thioether (sulfide) groups is 1. The molecule has 130 valence electrons. The third-order valence-electron chi connectivity index (χ3n) is 3.30. The molecule has 24 heavy (non-hydrogen) atoms. The number of nitrogens with zero attached hydrogens (tertiary/aromatic N) is 2. The van der Waals surface area contributed by atoms with Gasteiger partial charge in [-0.15, -0.1) is 5.10 Å². The highest BCUT2D eigenvalue weighted by atomic mass is 32.2. The van der Waals surface area contributed by atoms with Crippen LogP contribution in [0.5, 0.6) is 17.2 Å². The molecule has 0 unspecified atom stereocenters. The number of carboxylic acid groups (broad SMARTS) is 1. The van der Waals surface area contributed by atoms with Crippen LogP contribution in [0.15, 0.2) is 17.3 Å². The molecule has 9 heteroatoms. The molecule has 1 atom stereocenters. The van der Waals surface area contributed by atoms with Gasteiger partial charge in [0.25, 0.3) is 0 Å². The lowest BCUT2D eigenvalue weighted by Crippen LogP contribution is -2.14. The van der Waals surface area contributed by atoms with Gasteiger partial charge in [0.1, 0.15) is 5.25 Å². The average molecular weight is 353 g/mol. The lowest BCUT2D eigenvalue weighted by Gasteiger charge is -2.13. The van der Waals surface area contributed by atoms with E-state index in [4.69, 9.17) is 19.3 Å². The number of carboxylic acids is 1. The van der Waals surface area contributed by atoms with E-state index in [1.165, 1.54) is 21.3 Å². The number of aliphatic carboxylic acids is 1. The van der Waals surface area contributed by atoms with Gasteiger partial charge in [-0.25, -0.2) is 4.98 Å². The summed E-state index contributed by atoms with van der Waals surface area (Å²) in [6.07, 6.45) is 0.480. The molecule has 0 saturated carbocycles. The summed E-state index contributed by atoms with van der Waals surface area (Å²) in [6.45, 7) is 1.80. The van der Waals surface area contributed by atoms with E-state index in [9.17, 15) is 4.79 Å². The second-order valence-corrected chi connectivity index (χ2v) is 5.90. The Bertz CT molecular complexity index is 694. The van der Waals surface area contributed by atoms with Gasteiger partial charge in [0.05, 0.1) is 21.3 Å². The highest BCUT2D eigenvalue weighted by Crippen LogP contribution is 2.40. The third-order valence-corrected chi connectivity index (χ3v) is 4.51. The predicted molar refractivity (Wildman–Crippen MR) is 89.0 cm³/mol. The van der Waals surface area contributed by atoms with E-state index in [1.807, 2.05) is 0 Å². The van der Waals surface area contributed by atoms with Crippen LogP contribution in [-0.2, 0) is 4.79 Å². The number of aromatic amines is 1. The molecule has 1 aromatic heterocycles. The molecule has 0 amide bonds. The van der Waals surface area contributed by atoms with Gasteiger partial charge in [-0.2, -0.15) is 0 Å². The van der Waals surface area contributed by atoms with Gasteiger partial charge in [0.15, 0.2) is 17.3 Å². The van der Waals surface area contributed by atoms with Crippen LogP contribution >= 0.6 is 11.8 Å². The SMILES string of the molecule is CC[C@@H](Sc1n[nH]c(-c2cc(OC)c(OC)c(OC)c2)n1)C(=O)O. The molecule has 2 rings (SSSR count). The van der Waals surface area contributed by atoms with Crippen molar-refractivity contribution in [3.8, 4) is 28.6 Å². The smallest absolute Gasteiger partial charge is 0.317 e. The first-order valence-corrected chi connectivity index (χ1v) is 8.04. The summed E-state index contributed by atoms with van der Waals surface area (Å²) in [5.74, 6) is 1.07. The Morgan fingerprint density at radius 3 is 2.33 bits per heavy atom. The molecule has 0 aliphatic heterocycles. The number of carbonyl (C=O) groups is 1. The number of ether oxygens (including phenoxy) is 3. The van der Waals surface area contributed by atoms with Gasteiger partial charge in [0, 0.05) is 5.56 Å². The van der Waals surface area contributed by atoms with Crippen LogP contribution in [0.2, 0.25) is 0 Å². The Labute approximate surface area is 143 Å². The lowest BCUT2D eigenvalue weighted by molar-refractivity contribution is -0.136. The second kappa shape index (κ2) is 7.91. The molecule has 0 spiro atoms. The maximum Gasteiger partial charge on any atom is 0.317 e. The van der Waals surface area contributed by atoms with Crippen molar-refractivity contribution < 1.29 is 24.1 Å². The maximum absolute atomic E-state index is 11.1.